The van der Waals surface area contributed by atoms with Crippen molar-refractivity contribution < 1.29 is 12.8 Å². The summed E-state index contributed by atoms with van der Waals surface area (Å²) in [5.41, 5.74) is 5.31. The molecule has 0 aliphatic heterocycles. The summed E-state index contributed by atoms with van der Waals surface area (Å²) in [6.45, 7) is 2.01. The van der Waals surface area contributed by atoms with Gasteiger partial charge in [-0.2, -0.15) is 0 Å². The first-order valence-electron chi connectivity index (χ1n) is 4.28. The van der Waals surface area contributed by atoms with Gasteiger partial charge in [-0.15, -0.1) is 0 Å². The number of aromatic nitrogens is 1. The second-order valence-corrected chi connectivity index (χ2v) is 5.53. The fraction of sp³-hybridized carbons (Fsp3) is 0.625. The van der Waals surface area contributed by atoms with Crippen LogP contribution in [-0.2, 0) is 16.3 Å². The van der Waals surface area contributed by atoms with Gasteiger partial charge in [0, 0.05) is 19.2 Å². The summed E-state index contributed by atoms with van der Waals surface area (Å²) in [7, 11) is -3.12. The molecular formula is C8H14N2O3S. The van der Waals surface area contributed by atoms with E-state index < -0.39 is 15.1 Å². The summed E-state index contributed by atoms with van der Waals surface area (Å²) < 4.78 is 27.6. The quantitative estimate of drug-likeness (QED) is 0.784. The maximum absolute atomic E-state index is 11.2. The lowest BCUT2D eigenvalue weighted by atomic mass is 10.4. The molecule has 0 aliphatic carbocycles. The first-order chi connectivity index (χ1) is 6.45. The third-order valence-electron chi connectivity index (χ3n) is 1.97. The highest BCUT2D eigenvalue weighted by Gasteiger charge is 2.21. The molecule has 14 heavy (non-hydrogen) atoms. The largest absolute Gasteiger partial charge is 0.444 e. The van der Waals surface area contributed by atoms with Crippen molar-refractivity contribution in [1.82, 2.24) is 4.98 Å². The molecule has 1 unspecified atom stereocenters. The molecule has 0 saturated heterocycles. The van der Waals surface area contributed by atoms with Crippen LogP contribution < -0.4 is 5.73 Å². The van der Waals surface area contributed by atoms with Crippen LogP contribution in [0, 0.1) is 0 Å². The maximum Gasteiger partial charge on any atom is 0.195 e. The van der Waals surface area contributed by atoms with Crippen LogP contribution in [0.2, 0.25) is 0 Å². The Morgan fingerprint density at radius 1 is 1.64 bits per heavy atom. The summed E-state index contributed by atoms with van der Waals surface area (Å²) in [5, 5.41) is -0.651. The number of rotatable bonds is 4. The van der Waals surface area contributed by atoms with Crippen molar-refractivity contribution in [1.29, 1.82) is 0 Å². The number of oxazole rings is 1. The van der Waals surface area contributed by atoms with E-state index in [2.05, 4.69) is 4.98 Å². The van der Waals surface area contributed by atoms with Crippen molar-refractivity contribution in [2.24, 2.45) is 5.73 Å². The Kier molecular flexibility index (Phi) is 3.28. The molecule has 80 valence electrons. The molecule has 1 aromatic heterocycles. The van der Waals surface area contributed by atoms with Gasteiger partial charge in [0.1, 0.15) is 11.0 Å². The summed E-state index contributed by atoms with van der Waals surface area (Å²) in [4.78, 5) is 3.93. The standard InChI is InChI=1S/C8H14N2O3S/c1-6(14(2,11)12)7-5-10-8(13-7)3-4-9/h5-6H,3-4,9H2,1-2H3. The van der Waals surface area contributed by atoms with Gasteiger partial charge in [-0.05, 0) is 6.92 Å². The Bertz CT molecular complexity index is 396. The van der Waals surface area contributed by atoms with Crippen LogP contribution in [0.15, 0.2) is 10.6 Å². The molecule has 0 amide bonds. The summed E-state index contributed by atoms with van der Waals surface area (Å²) in [6, 6.07) is 0. The Hall–Kier alpha value is -0.880. The van der Waals surface area contributed by atoms with Gasteiger partial charge in [0.2, 0.25) is 0 Å². The second-order valence-electron chi connectivity index (χ2n) is 3.17. The molecule has 0 aromatic carbocycles. The van der Waals surface area contributed by atoms with Gasteiger partial charge >= 0.3 is 0 Å². The predicted octanol–water partition coefficient (Wildman–Crippen LogP) is 0.281. The van der Waals surface area contributed by atoms with Crippen LogP contribution in [0.4, 0.5) is 0 Å². The van der Waals surface area contributed by atoms with Gasteiger partial charge in [0.25, 0.3) is 0 Å². The van der Waals surface area contributed by atoms with Crippen LogP contribution in [-0.4, -0.2) is 26.2 Å². The Morgan fingerprint density at radius 2 is 2.29 bits per heavy atom. The summed E-state index contributed by atoms with van der Waals surface area (Å²) >= 11 is 0. The minimum atomic E-state index is -3.12. The van der Waals surface area contributed by atoms with Crippen molar-refractivity contribution in [3.63, 3.8) is 0 Å². The number of nitrogens with zero attached hydrogens (tertiary/aromatic N) is 1. The monoisotopic (exact) mass is 218 g/mol. The van der Waals surface area contributed by atoms with Gasteiger partial charge in [-0.1, -0.05) is 0 Å². The fourth-order valence-electron chi connectivity index (χ4n) is 0.962. The first-order valence-corrected chi connectivity index (χ1v) is 6.24. The summed E-state index contributed by atoms with van der Waals surface area (Å²) in [5.74, 6) is 0.856. The van der Waals surface area contributed by atoms with Gasteiger partial charge in [-0.25, -0.2) is 13.4 Å². The highest BCUT2D eigenvalue weighted by Crippen LogP contribution is 2.21. The lowest BCUT2D eigenvalue weighted by molar-refractivity contribution is 0.452. The van der Waals surface area contributed by atoms with Crippen molar-refractivity contribution in [2.45, 2.75) is 18.6 Å². The molecule has 1 aromatic rings. The molecular weight excluding hydrogens is 204 g/mol. The molecule has 0 aliphatic rings. The molecule has 1 rings (SSSR count). The van der Waals surface area contributed by atoms with Crippen molar-refractivity contribution in [2.75, 3.05) is 12.8 Å². The topological polar surface area (TPSA) is 86.2 Å². The smallest absolute Gasteiger partial charge is 0.195 e. The van der Waals surface area contributed by atoms with Gasteiger partial charge in [-0.3, -0.25) is 0 Å². The molecule has 0 radical (unpaired) electrons. The highest BCUT2D eigenvalue weighted by molar-refractivity contribution is 7.90. The molecule has 0 fully saturated rings. The number of hydrogen-bond donors (Lipinski definition) is 1. The normalized spacial score (nSPS) is 14.2. The molecule has 2 N–H and O–H groups in total. The molecule has 0 spiro atoms. The van der Waals surface area contributed by atoms with Crippen molar-refractivity contribution in [3.05, 3.63) is 17.8 Å². The van der Waals surface area contributed by atoms with Crippen LogP contribution in [0.3, 0.4) is 0 Å². The van der Waals surface area contributed by atoms with E-state index in [1.54, 1.807) is 6.92 Å². The van der Waals surface area contributed by atoms with Gasteiger partial charge in [0.05, 0.1) is 6.20 Å². The lowest BCUT2D eigenvalue weighted by Gasteiger charge is -2.03. The minimum absolute atomic E-state index is 0.371. The highest BCUT2D eigenvalue weighted by atomic mass is 32.2. The molecule has 6 heteroatoms. The Balaban J connectivity index is 2.87. The van der Waals surface area contributed by atoms with Crippen LogP contribution in [0.5, 0.6) is 0 Å². The number of sulfone groups is 1. The van der Waals surface area contributed by atoms with E-state index in [0.29, 0.717) is 24.6 Å². The van der Waals surface area contributed by atoms with Crippen LogP contribution >= 0.6 is 0 Å². The predicted molar refractivity (Wildman–Crippen MR) is 52.5 cm³/mol. The van der Waals surface area contributed by atoms with E-state index in [1.165, 1.54) is 12.5 Å². The van der Waals surface area contributed by atoms with Gasteiger partial charge in [0.15, 0.2) is 15.7 Å². The van der Waals surface area contributed by atoms with Crippen molar-refractivity contribution >= 4 is 9.84 Å². The molecule has 1 atom stereocenters. The molecule has 0 bridgehead atoms. The first kappa shape index (κ1) is 11.2. The van der Waals surface area contributed by atoms with Crippen molar-refractivity contribution in [3.8, 4) is 0 Å². The molecule has 1 heterocycles. The Labute approximate surface area is 83.2 Å². The zero-order valence-corrected chi connectivity index (χ0v) is 9.04. The second kappa shape index (κ2) is 4.10. The maximum atomic E-state index is 11.2. The van der Waals surface area contributed by atoms with E-state index in [4.69, 9.17) is 10.2 Å². The summed E-state index contributed by atoms with van der Waals surface area (Å²) in [6.07, 6.45) is 3.13. The minimum Gasteiger partial charge on any atom is -0.444 e. The number of nitrogens with two attached hydrogens (primary N) is 1. The zero-order chi connectivity index (χ0) is 10.8. The van der Waals surface area contributed by atoms with Gasteiger partial charge < -0.3 is 10.2 Å². The van der Waals surface area contributed by atoms with E-state index in [0.717, 1.165) is 0 Å². The van der Waals surface area contributed by atoms with Crippen LogP contribution in [0.25, 0.3) is 0 Å². The third kappa shape index (κ3) is 2.55. The zero-order valence-electron chi connectivity index (χ0n) is 8.23. The number of hydrogen-bond acceptors (Lipinski definition) is 5. The van der Waals surface area contributed by atoms with E-state index in [1.807, 2.05) is 0 Å². The lowest BCUT2D eigenvalue weighted by Crippen LogP contribution is -2.06. The average Bonchev–Trinajstić information content (AvgIpc) is 2.50. The van der Waals surface area contributed by atoms with E-state index >= 15 is 0 Å². The fourth-order valence-corrected chi connectivity index (χ4v) is 1.49. The third-order valence-corrected chi connectivity index (χ3v) is 3.49. The van der Waals surface area contributed by atoms with Crippen LogP contribution in [0.1, 0.15) is 23.8 Å². The molecule has 5 nitrogen and oxygen atoms in total. The Morgan fingerprint density at radius 3 is 2.79 bits per heavy atom. The van der Waals surface area contributed by atoms with E-state index in [9.17, 15) is 8.42 Å². The SMILES string of the molecule is CC(c1cnc(CCN)o1)S(C)(=O)=O. The molecule has 0 saturated carbocycles. The average molecular weight is 218 g/mol. The van der Waals surface area contributed by atoms with E-state index in [-0.39, 0.29) is 0 Å².